The Kier molecular flexibility index (Phi) is 2.60. The van der Waals surface area contributed by atoms with Crippen molar-refractivity contribution in [2.75, 3.05) is 0 Å². The highest BCUT2D eigenvalue weighted by Crippen LogP contribution is 1.99. The fourth-order valence-corrected chi connectivity index (χ4v) is 0.904. The third-order valence-electron chi connectivity index (χ3n) is 1.44. The monoisotopic (exact) mass is 150 g/mol. The van der Waals surface area contributed by atoms with Crippen molar-refractivity contribution in [3.8, 4) is 0 Å². The Labute approximate surface area is 64.6 Å². The van der Waals surface area contributed by atoms with Crippen LogP contribution >= 0.6 is 0 Å². The number of carbonyl (C=O) groups excluding carboxylic acids is 2. The average molecular weight is 150 g/mol. The van der Waals surface area contributed by atoms with E-state index in [4.69, 9.17) is 0 Å². The van der Waals surface area contributed by atoms with Crippen LogP contribution in [0.5, 0.6) is 0 Å². The van der Waals surface area contributed by atoms with E-state index in [0.717, 1.165) is 6.29 Å². The van der Waals surface area contributed by atoms with E-state index in [1.807, 2.05) is 0 Å². The van der Waals surface area contributed by atoms with Gasteiger partial charge in [0, 0.05) is 19.2 Å². The molecule has 0 amide bonds. The van der Waals surface area contributed by atoms with Crippen molar-refractivity contribution in [2.24, 2.45) is 0 Å². The highest BCUT2D eigenvalue weighted by molar-refractivity contribution is 5.72. The van der Waals surface area contributed by atoms with Crippen LogP contribution in [-0.2, 0) is 11.3 Å². The number of rotatable bonds is 4. The summed E-state index contributed by atoms with van der Waals surface area (Å²) in [6.45, 7) is 0.532. The van der Waals surface area contributed by atoms with Gasteiger partial charge in [0.2, 0.25) is 0 Å². The summed E-state index contributed by atoms with van der Waals surface area (Å²) in [5.41, 5.74) is 0.597. The molecular formula is C8H8NO2. The molecule has 0 aromatic carbocycles. The van der Waals surface area contributed by atoms with Crippen LogP contribution in [-0.4, -0.2) is 17.1 Å². The molecule has 1 heterocycles. The zero-order valence-corrected chi connectivity index (χ0v) is 5.99. The van der Waals surface area contributed by atoms with Crippen molar-refractivity contribution >= 4 is 12.6 Å². The summed E-state index contributed by atoms with van der Waals surface area (Å²) in [7, 11) is 0. The Morgan fingerprint density at radius 2 is 2.45 bits per heavy atom. The maximum atomic E-state index is 10.3. The van der Waals surface area contributed by atoms with Gasteiger partial charge in [-0.05, 0) is 12.1 Å². The minimum Gasteiger partial charge on any atom is -0.345 e. The smallest absolute Gasteiger partial charge is 0.200 e. The van der Waals surface area contributed by atoms with Crippen LogP contribution in [0.3, 0.4) is 0 Å². The molecule has 1 aromatic rings. The molecule has 0 fully saturated rings. The summed E-state index contributed by atoms with van der Waals surface area (Å²) in [5, 5.41) is 0. The Bertz CT molecular complexity index is 252. The van der Waals surface area contributed by atoms with Gasteiger partial charge >= 0.3 is 0 Å². The summed E-state index contributed by atoms with van der Waals surface area (Å²) >= 11 is 0. The molecule has 3 nitrogen and oxygen atoms in total. The highest BCUT2D eigenvalue weighted by Gasteiger charge is 1.96. The molecule has 57 valence electrons. The summed E-state index contributed by atoms with van der Waals surface area (Å²) in [6, 6.07) is 3.48. The molecule has 11 heavy (non-hydrogen) atoms. The maximum absolute atomic E-state index is 10.3. The molecule has 0 saturated heterocycles. The van der Waals surface area contributed by atoms with Gasteiger partial charge in [0.25, 0.3) is 0 Å². The number of aryl methyl sites for hydroxylation is 1. The van der Waals surface area contributed by atoms with Crippen molar-refractivity contribution in [1.29, 1.82) is 0 Å². The van der Waals surface area contributed by atoms with Crippen LogP contribution in [0.1, 0.15) is 16.9 Å². The zero-order chi connectivity index (χ0) is 8.10. The van der Waals surface area contributed by atoms with Gasteiger partial charge in [0.1, 0.15) is 0 Å². The van der Waals surface area contributed by atoms with E-state index in [0.29, 0.717) is 18.7 Å². The van der Waals surface area contributed by atoms with E-state index in [-0.39, 0.29) is 0 Å². The Hall–Kier alpha value is -1.38. The predicted molar refractivity (Wildman–Crippen MR) is 40.1 cm³/mol. The topological polar surface area (TPSA) is 39.1 Å². The maximum Gasteiger partial charge on any atom is 0.200 e. The van der Waals surface area contributed by atoms with Gasteiger partial charge < -0.3 is 4.57 Å². The van der Waals surface area contributed by atoms with Crippen LogP contribution in [0.2, 0.25) is 0 Å². The molecule has 0 aliphatic heterocycles. The molecule has 0 unspecified atom stereocenters. The van der Waals surface area contributed by atoms with Crippen LogP contribution in [0.15, 0.2) is 18.3 Å². The molecule has 1 radical (unpaired) electrons. The first kappa shape index (κ1) is 7.72. The minimum absolute atomic E-state index is 0.329. The molecule has 0 bridgehead atoms. The summed E-state index contributed by atoms with van der Waals surface area (Å²) in [6.07, 6.45) is 4.63. The number of carbonyl (C=O) groups is 1. The highest BCUT2D eigenvalue weighted by atomic mass is 16.1. The zero-order valence-electron chi connectivity index (χ0n) is 5.99. The second kappa shape index (κ2) is 3.71. The van der Waals surface area contributed by atoms with Crippen molar-refractivity contribution in [3.63, 3.8) is 0 Å². The van der Waals surface area contributed by atoms with Crippen molar-refractivity contribution in [1.82, 2.24) is 4.57 Å². The predicted octanol–water partition coefficient (Wildman–Crippen LogP) is 0.800. The van der Waals surface area contributed by atoms with Crippen molar-refractivity contribution in [3.05, 3.63) is 24.0 Å². The molecular weight excluding hydrogens is 142 g/mol. The van der Waals surface area contributed by atoms with E-state index >= 15 is 0 Å². The van der Waals surface area contributed by atoms with E-state index in [9.17, 15) is 9.59 Å². The lowest BCUT2D eigenvalue weighted by atomic mass is 10.4. The molecule has 0 spiro atoms. The number of nitrogens with zero attached hydrogens (tertiary/aromatic N) is 1. The van der Waals surface area contributed by atoms with Crippen LogP contribution in [0, 0.1) is 0 Å². The third-order valence-corrected chi connectivity index (χ3v) is 1.44. The average Bonchev–Trinajstić information content (AvgIpc) is 2.47. The van der Waals surface area contributed by atoms with Gasteiger partial charge in [0.05, 0.1) is 5.69 Å². The Morgan fingerprint density at radius 3 is 3.09 bits per heavy atom. The number of hydrogen-bond donors (Lipinski definition) is 0. The molecule has 1 aromatic heterocycles. The minimum atomic E-state index is 0.329. The second-order valence-corrected chi connectivity index (χ2v) is 2.14. The lowest BCUT2D eigenvalue weighted by molar-refractivity contribution is 0.111. The lowest BCUT2D eigenvalue weighted by Crippen LogP contribution is -2.00. The number of aromatic nitrogens is 1. The van der Waals surface area contributed by atoms with E-state index < -0.39 is 0 Å². The van der Waals surface area contributed by atoms with Gasteiger partial charge in [-0.2, -0.15) is 0 Å². The largest absolute Gasteiger partial charge is 0.345 e. The van der Waals surface area contributed by atoms with Crippen LogP contribution in [0.25, 0.3) is 0 Å². The van der Waals surface area contributed by atoms with E-state index in [1.165, 1.54) is 0 Å². The first-order valence-corrected chi connectivity index (χ1v) is 3.34. The van der Waals surface area contributed by atoms with Gasteiger partial charge in [0.15, 0.2) is 12.6 Å². The lowest BCUT2D eigenvalue weighted by Gasteiger charge is -1.99. The fraction of sp³-hybridized carbons (Fsp3) is 0.250. The van der Waals surface area contributed by atoms with Crippen LogP contribution in [0.4, 0.5) is 0 Å². The normalized spacial score (nSPS) is 9.45. The van der Waals surface area contributed by atoms with Gasteiger partial charge in [-0.25, -0.2) is 0 Å². The molecule has 1 rings (SSSR count). The molecule has 0 aliphatic carbocycles. The summed E-state index contributed by atoms with van der Waals surface area (Å²) < 4.78 is 1.72. The van der Waals surface area contributed by atoms with Crippen LogP contribution < -0.4 is 0 Å². The van der Waals surface area contributed by atoms with Gasteiger partial charge in [-0.1, -0.05) is 0 Å². The quantitative estimate of drug-likeness (QED) is 0.595. The third kappa shape index (κ3) is 1.77. The Balaban J connectivity index is 2.67. The SMILES string of the molecule is O=[C]CCn1cccc1C=O. The molecule has 0 saturated carbocycles. The summed E-state index contributed by atoms with van der Waals surface area (Å²) in [4.78, 5) is 20.2. The molecule has 3 heteroatoms. The molecule has 0 N–H and O–H groups in total. The van der Waals surface area contributed by atoms with Crippen molar-refractivity contribution < 1.29 is 9.59 Å². The first-order valence-electron chi connectivity index (χ1n) is 3.34. The summed E-state index contributed by atoms with van der Waals surface area (Å²) in [5.74, 6) is 0. The van der Waals surface area contributed by atoms with Crippen molar-refractivity contribution in [2.45, 2.75) is 13.0 Å². The fourth-order valence-electron chi connectivity index (χ4n) is 0.904. The van der Waals surface area contributed by atoms with E-state index in [1.54, 1.807) is 29.2 Å². The second-order valence-electron chi connectivity index (χ2n) is 2.14. The van der Waals surface area contributed by atoms with E-state index in [2.05, 4.69) is 0 Å². The molecule has 0 aliphatic rings. The standard InChI is InChI=1S/C8H8NO2/c10-6-2-5-9-4-1-3-8(9)7-11/h1,3-4,7H,2,5H2. The van der Waals surface area contributed by atoms with Gasteiger partial charge in [-0.15, -0.1) is 0 Å². The molecule has 0 atom stereocenters. The van der Waals surface area contributed by atoms with Gasteiger partial charge in [-0.3, -0.25) is 9.59 Å². The number of aldehydes is 1. The number of hydrogen-bond acceptors (Lipinski definition) is 2. The Morgan fingerprint density at radius 1 is 1.64 bits per heavy atom. The first-order chi connectivity index (χ1) is 5.38.